The molecule has 0 saturated heterocycles. The number of nitrogens with one attached hydrogen (secondary N) is 1. The summed E-state index contributed by atoms with van der Waals surface area (Å²) in [6.07, 6.45) is 0.952. The van der Waals surface area contributed by atoms with Gasteiger partial charge in [0.2, 0.25) is 0 Å². The van der Waals surface area contributed by atoms with Crippen molar-refractivity contribution in [3.8, 4) is 11.3 Å². The zero-order valence-corrected chi connectivity index (χ0v) is 16.3. The number of esters is 1. The first kappa shape index (κ1) is 20.2. The molecule has 0 fully saturated rings. The summed E-state index contributed by atoms with van der Waals surface area (Å²) in [4.78, 5) is 38.5. The van der Waals surface area contributed by atoms with Crippen LogP contribution in [0.15, 0.2) is 53.9 Å². The van der Waals surface area contributed by atoms with Crippen LogP contribution in [0, 0.1) is 10.1 Å². The Morgan fingerprint density at radius 3 is 2.66 bits per heavy atom. The van der Waals surface area contributed by atoms with E-state index in [0.717, 1.165) is 23.7 Å². The molecule has 0 radical (unpaired) electrons. The summed E-state index contributed by atoms with van der Waals surface area (Å²) in [5.41, 5.74) is 2.67. The molecular weight excluding hydrogens is 394 g/mol. The number of benzene rings is 2. The molecule has 0 atom stereocenters. The molecule has 3 aromatic rings. The molecule has 148 valence electrons. The number of anilines is 1. The summed E-state index contributed by atoms with van der Waals surface area (Å²) < 4.78 is 4.92. The van der Waals surface area contributed by atoms with Crippen molar-refractivity contribution in [2.45, 2.75) is 13.3 Å². The number of carbonyl (C=O) groups is 2. The number of ether oxygens (including phenoxy) is 1. The van der Waals surface area contributed by atoms with E-state index < -0.39 is 23.4 Å². The minimum Gasteiger partial charge on any atom is -0.452 e. The Hall–Kier alpha value is -3.59. The van der Waals surface area contributed by atoms with E-state index in [2.05, 4.69) is 17.2 Å². The van der Waals surface area contributed by atoms with E-state index in [-0.39, 0.29) is 11.3 Å². The van der Waals surface area contributed by atoms with Crippen LogP contribution in [-0.2, 0) is 16.0 Å². The monoisotopic (exact) mass is 411 g/mol. The number of carbonyl (C=O) groups excluding carboxylic acids is 2. The first-order valence-electron chi connectivity index (χ1n) is 8.72. The van der Waals surface area contributed by atoms with Crippen molar-refractivity contribution >= 4 is 34.0 Å². The smallest absolute Gasteiger partial charge is 0.338 e. The second-order valence-electron chi connectivity index (χ2n) is 6.02. The van der Waals surface area contributed by atoms with Crippen molar-refractivity contribution < 1.29 is 19.2 Å². The predicted octanol–water partition coefficient (Wildman–Crippen LogP) is 4.08. The largest absolute Gasteiger partial charge is 0.452 e. The van der Waals surface area contributed by atoms with Crippen molar-refractivity contribution in [1.29, 1.82) is 0 Å². The van der Waals surface area contributed by atoms with Crippen LogP contribution in [-0.4, -0.2) is 28.4 Å². The lowest BCUT2D eigenvalue weighted by atomic mass is 10.1. The van der Waals surface area contributed by atoms with Gasteiger partial charge in [0.05, 0.1) is 16.2 Å². The predicted molar refractivity (Wildman–Crippen MR) is 109 cm³/mol. The molecule has 0 unspecified atom stereocenters. The number of amides is 1. The summed E-state index contributed by atoms with van der Waals surface area (Å²) in [6.45, 7) is 1.55. The molecule has 1 N–H and O–H groups in total. The molecule has 2 aromatic carbocycles. The number of nitro groups is 1. The molecular formula is C20H17N3O5S. The summed E-state index contributed by atoms with van der Waals surface area (Å²) in [5, 5.41) is 15.5. The molecule has 0 aliphatic heterocycles. The lowest BCUT2D eigenvalue weighted by molar-refractivity contribution is -0.384. The zero-order chi connectivity index (χ0) is 20.8. The van der Waals surface area contributed by atoms with Gasteiger partial charge in [-0.1, -0.05) is 37.3 Å². The normalized spacial score (nSPS) is 10.4. The molecule has 3 rings (SSSR count). The van der Waals surface area contributed by atoms with Gasteiger partial charge in [0.25, 0.3) is 11.6 Å². The summed E-state index contributed by atoms with van der Waals surface area (Å²) in [7, 11) is 0. The summed E-state index contributed by atoms with van der Waals surface area (Å²) >= 11 is 1.26. The lowest BCUT2D eigenvalue weighted by Gasteiger charge is -2.04. The quantitative estimate of drug-likeness (QED) is 0.356. The van der Waals surface area contributed by atoms with Crippen LogP contribution in [0.1, 0.15) is 22.8 Å². The Labute approximate surface area is 170 Å². The van der Waals surface area contributed by atoms with E-state index in [9.17, 15) is 19.7 Å². The third-order valence-corrected chi connectivity index (χ3v) is 4.79. The molecule has 1 amide bonds. The number of hydrogen-bond donors (Lipinski definition) is 1. The highest BCUT2D eigenvalue weighted by Crippen LogP contribution is 2.25. The van der Waals surface area contributed by atoms with Crippen molar-refractivity contribution in [1.82, 2.24) is 4.98 Å². The van der Waals surface area contributed by atoms with E-state index in [1.165, 1.54) is 35.1 Å². The standard InChI is InChI=1S/C20H17N3O5S/c1-2-13-6-8-14(9-7-13)17-12-29-20(21-17)22-18(24)11-28-19(25)15-4-3-5-16(10-15)23(26)27/h3-10,12H,2,11H2,1H3,(H,21,22,24). The molecule has 0 bridgehead atoms. The lowest BCUT2D eigenvalue weighted by Crippen LogP contribution is -2.20. The van der Waals surface area contributed by atoms with Gasteiger partial charge in [-0.3, -0.25) is 20.2 Å². The van der Waals surface area contributed by atoms with Gasteiger partial charge in [-0.05, 0) is 18.1 Å². The minimum absolute atomic E-state index is 0.000869. The van der Waals surface area contributed by atoms with E-state index in [4.69, 9.17) is 4.74 Å². The van der Waals surface area contributed by atoms with Crippen LogP contribution in [0.2, 0.25) is 0 Å². The highest BCUT2D eigenvalue weighted by atomic mass is 32.1. The number of rotatable bonds is 7. The first-order valence-corrected chi connectivity index (χ1v) is 9.60. The topological polar surface area (TPSA) is 111 Å². The van der Waals surface area contributed by atoms with Crippen LogP contribution in [0.5, 0.6) is 0 Å². The first-order chi connectivity index (χ1) is 14.0. The average molecular weight is 411 g/mol. The molecule has 0 spiro atoms. The molecule has 1 aromatic heterocycles. The number of thiazole rings is 1. The van der Waals surface area contributed by atoms with Gasteiger partial charge in [0.1, 0.15) is 0 Å². The summed E-state index contributed by atoms with van der Waals surface area (Å²) in [6, 6.07) is 13.1. The molecule has 0 saturated carbocycles. The van der Waals surface area contributed by atoms with Gasteiger partial charge < -0.3 is 4.74 Å². The Morgan fingerprint density at radius 2 is 1.97 bits per heavy atom. The van der Waals surface area contributed by atoms with Crippen molar-refractivity contribution in [3.63, 3.8) is 0 Å². The highest BCUT2D eigenvalue weighted by molar-refractivity contribution is 7.14. The Bertz CT molecular complexity index is 1050. The maximum atomic E-state index is 12.0. The fourth-order valence-corrected chi connectivity index (χ4v) is 3.23. The maximum absolute atomic E-state index is 12.0. The number of nitro benzene ring substituents is 1. The number of nitrogens with zero attached hydrogens (tertiary/aromatic N) is 2. The van der Waals surface area contributed by atoms with Crippen LogP contribution < -0.4 is 5.32 Å². The van der Waals surface area contributed by atoms with E-state index in [1.807, 2.05) is 29.6 Å². The summed E-state index contributed by atoms with van der Waals surface area (Å²) in [5.74, 6) is -1.37. The fraction of sp³-hybridized carbons (Fsp3) is 0.150. The molecule has 9 heteroatoms. The van der Waals surface area contributed by atoms with Gasteiger partial charge in [0, 0.05) is 23.1 Å². The molecule has 1 heterocycles. The van der Waals surface area contributed by atoms with E-state index in [0.29, 0.717) is 5.13 Å². The second-order valence-corrected chi connectivity index (χ2v) is 6.88. The van der Waals surface area contributed by atoms with Gasteiger partial charge in [-0.15, -0.1) is 11.3 Å². The number of non-ortho nitro benzene ring substituents is 1. The highest BCUT2D eigenvalue weighted by Gasteiger charge is 2.15. The zero-order valence-electron chi connectivity index (χ0n) is 15.5. The van der Waals surface area contributed by atoms with Gasteiger partial charge in [0.15, 0.2) is 11.7 Å². The minimum atomic E-state index is -0.820. The van der Waals surface area contributed by atoms with E-state index in [1.54, 1.807) is 0 Å². The van der Waals surface area contributed by atoms with Crippen molar-refractivity contribution in [2.24, 2.45) is 0 Å². The maximum Gasteiger partial charge on any atom is 0.338 e. The van der Waals surface area contributed by atoms with Crippen molar-refractivity contribution in [2.75, 3.05) is 11.9 Å². The van der Waals surface area contributed by atoms with Gasteiger partial charge in [-0.25, -0.2) is 9.78 Å². The third kappa shape index (κ3) is 5.23. The van der Waals surface area contributed by atoms with Crippen LogP contribution in [0.4, 0.5) is 10.8 Å². The Balaban J connectivity index is 1.55. The fourth-order valence-electron chi connectivity index (χ4n) is 2.49. The number of hydrogen-bond acceptors (Lipinski definition) is 7. The second kappa shape index (κ2) is 9.07. The molecule has 29 heavy (non-hydrogen) atoms. The molecule has 0 aliphatic carbocycles. The van der Waals surface area contributed by atoms with Gasteiger partial charge >= 0.3 is 5.97 Å². The van der Waals surface area contributed by atoms with Crippen LogP contribution in [0.3, 0.4) is 0 Å². The van der Waals surface area contributed by atoms with Crippen LogP contribution in [0.25, 0.3) is 11.3 Å². The SMILES string of the molecule is CCc1ccc(-c2csc(NC(=O)COC(=O)c3cccc([N+](=O)[O-])c3)n2)cc1. The molecule has 0 aliphatic rings. The number of aromatic nitrogens is 1. The average Bonchev–Trinajstić information content (AvgIpc) is 3.20. The van der Waals surface area contributed by atoms with E-state index >= 15 is 0 Å². The Kier molecular flexibility index (Phi) is 6.30. The van der Waals surface area contributed by atoms with Crippen molar-refractivity contribution in [3.05, 3.63) is 75.2 Å². The third-order valence-electron chi connectivity index (χ3n) is 4.04. The number of aryl methyl sites for hydroxylation is 1. The molecule has 8 nitrogen and oxygen atoms in total. The van der Waals surface area contributed by atoms with Gasteiger partial charge in [-0.2, -0.15) is 0 Å². The van der Waals surface area contributed by atoms with Crippen LogP contribution >= 0.6 is 11.3 Å². The Morgan fingerprint density at radius 1 is 1.21 bits per heavy atom.